The molecule has 1 aliphatic rings. The van der Waals surface area contributed by atoms with E-state index < -0.39 is 5.97 Å². The number of likely N-dealkylation sites (tertiary alicyclic amines) is 1. The highest BCUT2D eigenvalue weighted by Gasteiger charge is 2.30. The first-order valence-corrected chi connectivity index (χ1v) is 9.71. The molecule has 28 heavy (non-hydrogen) atoms. The second kappa shape index (κ2) is 8.17. The van der Waals surface area contributed by atoms with Gasteiger partial charge in [0.05, 0.1) is 17.8 Å². The molecule has 5 nitrogen and oxygen atoms in total. The van der Waals surface area contributed by atoms with Crippen molar-refractivity contribution in [2.45, 2.75) is 31.8 Å². The van der Waals surface area contributed by atoms with Gasteiger partial charge in [-0.2, -0.15) is 0 Å². The Morgan fingerprint density at radius 3 is 2.82 bits per heavy atom. The van der Waals surface area contributed by atoms with Gasteiger partial charge in [0.25, 0.3) is 0 Å². The van der Waals surface area contributed by atoms with Crippen LogP contribution in [0, 0.1) is 0 Å². The number of hydrogen-bond acceptors (Lipinski definition) is 4. The van der Waals surface area contributed by atoms with Crippen molar-refractivity contribution < 1.29 is 14.3 Å². The van der Waals surface area contributed by atoms with E-state index in [0.29, 0.717) is 18.5 Å². The SMILES string of the molecule is O=C(O)c1cccc(CN2CCC[C@@H]2c2ncc(Cc3ccc(Cl)cc3)o2)c1. The number of aromatic carboxylic acids is 1. The maximum absolute atomic E-state index is 11.2. The van der Waals surface area contributed by atoms with Crippen molar-refractivity contribution in [2.75, 3.05) is 6.54 Å². The average Bonchev–Trinajstić information content (AvgIpc) is 3.33. The minimum absolute atomic E-state index is 0.118. The minimum atomic E-state index is -0.903. The number of nitrogens with zero attached hydrogens (tertiary/aromatic N) is 2. The van der Waals surface area contributed by atoms with Crippen molar-refractivity contribution in [1.29, 1.82) is 0 Å². The predicted molar refractivity (Wildman–Crippen MR) is 107 cm³/mol. The summed E-state index contributed by atoms with van der Waals surface area (Å²) in [6, 6.07) is 14.9. The molecule has 1 saturated heterocycles. The fraction of sp³-hybridized carbons (Fsp3) is 0.273. The highest BCUT2D eigenvalue weighted by molar-refractivity contribution is 6.30. The molecule has 2 aromatic carbocycles. The topological polar surface area (TPSA) is 66.6 Å². The van der Waals surface area contributed by atoms with E-state index in [2.05, 4.69) is 9.88 Å². The number of hydrogen-bond donors (Lipinski definition) is 1. The zero-order chi connectivity index (χ0) is 19.5. The van der Waals surface area contributed by atoms with E-state index in [4.69, 9.17) is 16.0 Å². The first-order chi connectivity index (χ1) is 13.6. The highest BCUT2D eigenvalue weighted by atomic mass is 35.5. The molecule has 2 heterocycles. The third kappa shape index (κ3) is 4.26. The third-order valence-electron chi connectivity index (χ3n) is 5.07. The molecule has 3 aromatic rings. The summed E-state index contributed by atoms with van der Waals surface area (Å²) in [5, 5.41) is 9.91. The summed E-state index contributed by atoms with van der Waals surface area (Å²) < 4.78 is 6.05. The molecule has 4 rings (SSSR count). The molecule has 1 atom stereocenters. The number of halogens is 1. The van der Waals surface area contributed by atoms with Crippen LogP contribution in [0.15, 0.2) is 59.1 Å². The standard InChI is InChI=1S/C22H21ClN2O3/c23-18-8-6-15(7-9-18)12-19-13-24-21(28-19)20-5-2-10-25(20)14-16-3-1-4-17(11-16)22(26)27/h1,3-4,6-9,11,13,20H,2,5,10,12,14H2,(H,26,27)/t20-/m1/s1. The lowest BCUT2D eigenvalue weighted by Crippen LogP contribution is -2.23. The molecule has 1 aliphatic heterocycles. The molecule has 1 fully saturated rings. The van der Waals surface area contributed by atoms with Gasteiger partial charge in [0, 0.05) is 18.0 Å². The molecule has 1 N–H and O–H groups in total. The number of oxazole rings is 1. The van der Waals surface area contributed by atoms with Crippen LogP contribution in [-0.4, -0.2) is 27.5 Å². The van der Waals surface area contributed by atoms with Crippen LogP contribution in [0.25, 0.3) is 0 Å². The Hall–Kier alpha value is -2.63. The van der Waals surface area contributed by atoms with Crippen molar-refractivity contribution >= 4 is 17.6 Å². The lowest BCUT2D eigenvalue weighted by molar-refractivity contribution is 0.0696. The summed E-state index contributed by atoms with van der Waals surface area (Å²) in [6.45, 7) is 1.62. The Morgan fingerprint density at radius 1 is 1.21 bits per heavy atom. The van der Waals surface area contributed by atoms with Crippen LogP contribution in [0.5, 0.6) is 0 Å². The Balaban J connectivity index is 1.46. The van der Waals surface area contributed by atoms with Crippen LogP contribution >= 0.6 is 11.6 Å². The van der Waals surface area contributed by atoms with Crippen molar-refractivity contribution in [3.63, 3.8) is 0 Å². The van der Waals surface area contributed by atoms with E-state index in [-0.39, 0.29) is 6.04 Å². The number of aromatic nitrogens is 1. The van der Waals surface area contributed by atoms with Crippen LogP contribution < -0.4 is 0 Å². The first-order valence-electron chi connectivity index (χ1n) is 9.34. The van der Waals surface area contributed by atoms with E-state index in [0.717, 1.165) is 47.2 Å². The van der Waals surface area contributed by atoms with Gasteiger partial charge in [0.15, 0.2) is 0 Å². The van der Waals surface area contributed by atoms with Crippen LogP contribution in [0.3, 0.4) is 0 Å². The fourth-order valence-electron chi connectivity index (χ4n) is 3.69. The van der Waals surface area contributed by atoms with Crippen LogP contribution in [-0.2, 0) is 13.0 Å². The molecule has 144 valence electrons. The third-order valence-corrected chi connectivity index (χ3v) is 5.32. The van der Waals surface area contributed by atoms with Crippen LogP contribution in [0.1, 0.15) is 52.0 Å². The summed E-state index contributed by atoms with van der Waals surface area (Å²) in [6.07, 6.45) is 4.53. The van der Waals surface area contributed by atoms with E-state index in [1.807, 2.05) is 30.3 Å². The lowest BCUT2D eigenvalue weighted by Gasteiger charge is -2.22. The predicted octanol–water partition coefficient (Wildman–Crippen LogP) is 4.95. The quantitative estimate of drug-likeness (QED) is 0.638. The minimum Gasteiger partial charge on any atom is -0.478 e. The normalized spacial score (nSPS) is 17.1. The monoisotopic (exact) mass is 396 g/mol. The molecule has 0 unspecified atom stereocenters. The van der Waals surface area contributed by atoms with E-state index >= 15 is 0 Å². The van der Waals surface area contributed by atoms with Gasteiger partial charge < -0.3 is 9.52 Å². The zero-order valence-electron chi connectivity index (χ0n) is 15.3. The van der Waals surface area contributed by atoms with Crippen molar-refractivity contribution in [3.8, 4) is 0 Å². The summed E-state index contributed by atoms with van der Waals surface area (Å²) in [5.74, 6) is 0.660. The fourth-order valence-corrected chi connectivity index (χ4v) is 3.82. The summed E-state index contributed by atoms with van der Waals surface area (Å²) in [4.78, 5) is 18.0. The Morgan fingerprint density at radius 2 is 2.04 bits per heavy atom. The van der Waals surface area contributed by atoms with Gasteiger partial charge in [-0.25, -0.2) is 9.78 Å². The van der Waals surface area contributed by atoms with Crippen LogP contribution in [0.4, 0.5) is 0 Å². The number of carbonyl (C=O) groups is 1. The molecule has 1 aromatic heterocycles. The highest BCUT2D eigenvalue weighted by Crippen LogP contribution is 2.33. The number of benzene rings is 2. The molecular formula is C22H21ClN2O3. The second-order valence-electron chi connectivity index (χ2n) is 7.10. The van der Waals surface area contributed by atoms with Gasteiger partial charge >= 0.3 is 5.97 Å². The summed E-state index contributed by atoms with van der Waals surface area (Å²) in [5.41, 5.74) is 2.43. The number of carboxylic acid groups (broad SMARTS) is 1. The molecule has 0 radical (unpaired) electrons. The molecule has 0 saturated carbocycles. The Labute approximate surface area is 168 Å². The maximum Gasteiger partial charge on any atom is 0.335 e. The van der Waals surface area contributed by atoms with E-state index in [1.165, 1.54) is 0 Å². The van der Waals surface area contributed by atoms with Crippen LogP contribution in [0.2, 0.25) is 5.02 Å². The largest absolute Gasteiger partial charge is 0.478 e. The smallest absolute Gasteiger partial charge is 0.335 e. The summed E-state index contributed by atoms with van der Waals surface area (Å²) in [7, 11) is 0. The Bertz CT molecular complexity index is 968. The van der Waals surface area contributed by atoms with E-state index in [1.54, 1.807) is 24.4 Å². The maximum atomic E-state index is 11.2. The van der Waals surface area contributed by atoms with Crippen molar-refractivity contribution in [1.82, 2.24) is 9.88 Å². The van der Waals surface area contributed by atoms with Gasteiger partial charge in [-0.3, -0.25) is 4.90 Å². The zero-order valence-corrected chi connectivity index (χ0v) is 16.1. The van der Waals surface area contributed by atoms with Crippen molar-refractivity contribution in [2.24, 2.45) is 0 Å². The molecule has 0 amide bonds. The van der Waals surface area contributed by atoms with Gasteiger partial charge in [0.2, 0.25) is 5.89 Å². The van der Waals surface area contributed by atoms with Gasteiger partial charge in [-0.05, 0) is 54.8 Å². The molecule has 6 heteroatoms. The van der Waals surface area contributed by atoms with E-state index in [9.17, 15) is 9.90 Å². The molecule has 0 bridgehead atoms. The summed E-state index contributed by atoms with van der Waals surface area (Å²) >= 11 is 5.94. The number of rotatable bonds is 6. The lowest BCUT2D eigenvalue weighted by atomic mass is 10.1. The molecule has 0 aliphatic carbocycles. The molecular weight excluding hydrogens is 376 g/mol. The van der Waals surface area contributed by atoms with Gasteiger partial charge in [-0.15, -0.1) is 0 Å². The molecule has 0 spiro atoms. The Kier molecular flexibility index (Phi) is 5.46. The number of carboxylic acids is 1. The van der Waals surface area contributed by atoms with Crippen molar-refractivity contribution in [3.05, 3.63) is 88.1 Å². The average molecular weight is 397 g/mol. The second-order valence-corrected chi connectivity index (χ2v) is 7.54. The van der Waals surface area contributed by atoms with Gasteiger partial charge in [0.1, 0.15) is 5.76 Å². The first kappa shape index (κ1) is 18.7. The van der Waals surface area contributed by atoms with Gasteiger partial charge in [-0.1, -0.05) is 35.9 Å².